The number of ether oxygens (including phenoxy) is 1. The quantitative estimate of drug-likeness (QED) is 0.896. The minimum absolute atomic E-state index is 0.0752. The van der Waals surface area contributed by atoms with Crippen LogP contribution in [0.5, 0.6) is 5.75 Å². The van der Waals surface area contributed by atoms with Gasteiger partial charge < -0.3 is 19.5 Å². The van der Waals surface area contributed by atoms with Gasteiger partial charge in [-0.1, -0.05) is 12.1 Å². The maximum absolute atomic E-state index is 11.6. The van der Waals surface area contributed by atoms with Crippen molar-refractivity contribution in [1.82, 2.24) is 9.55 Å². The molecule has 0 aliphatic carbocycles. The van der Waals surface area contributed by atoms with Gasteiger partial charge in [-0.25, -0.2) is 14.6 Å². The number of rotatable bonds is 4. The van der Waals surface area contributed by atoms with Crippen molar-refractivity contribution in [2.45, 2.75) is 25.3 Å². The Morgan fingerprint density at radius 3 is 2.78 bits per heavy atom. The predicted molar refractivity (Wildman–Crippen MR) is 80.8 cm³/mol. The third-order valence-corrected chi connectivity index (χ3v) is 4.03. The van der Waals surface area contributed by atoms with Crippen LogP contribution in [0.1, 0.15) is 35.1 Å². The summed E-state index contributed by atoms with van der Waals surface area (Å²) < 4.78 is 6.72. The lowest BCUT2D eigenvalue weighted by atomic mass is 10.0. The largest absolute Gasteiger partial charge is 0.497 e. The number of hydrogen-bond donors (Lipinski definition) is 2. The van der Waals surface area contributed by atoms with Gasteiger partial charge in [-0.2, -0.15) is 0 Å². The van der Waals surface area contributed by atoms with E-state index in [1.807, 2.05) is 0 Å². The number of hydrogen-bond acceptors (Lipinski definition) is 4. The fourth-order valence-corrected chi connectivity index (χ4v) is 3.00. The number of carbonyl (C=O) groups is 2. The fourth-order valence-electron chi connectivity index (χ4n) is 3.00. The molecule has 0 bridgehead atoms. The highest BCUT2D eigenvalue weighted by molar-refractivity contribution is 5.88. The van der Waals surface area contributed by atoms with Crippen LogP contribution in [-0.4, -0.2) is 38.8 Å². The van der Waals surface area contributed by atoms with E-state index in [-0.39, 0.29) is 5.69 Å². The highest BCUT2D eigenvalue weighted by Crippen LogP contribution is 2.34. The van der Waals surface area contributed by atoms with E-state index in [2.05, 4.69) is 4.98 Å². The van der Waals surface area contributed by atoms with E-state index in [1.54, 1.807) is 28.8 Å². The Bertz CT molecular complexity index is 781. The van der Waals surface area contributed by atoms with Gasteiger partial charge in [0.2, 0.25) is 0 Å². The molecule has 0 saturated heterocycles. The summed E-state index contributed by atoms with van der Waals surface area (Å²) in [6.45, 7) is 0. The average molecular weight is 316 g/mol. The summed E-state index contributed by atoms with van der Waals surface area (Å²) >= 11 is 0. The summed E-state index contributed by atoms with van der Waals surface area (Å²) in [6, 6.07) is 6.19. The van der Waals surface area contributed by atoms with E-state index in [0.29, 0.717) is 42.1 Å². The molecule has 1 aromatic carbocycles. The lowest BCUT2D eigenvalue weighted by Gasteiger charge is -2.24. The van der Waals surface area contributed by atoms with Crippen molar-refractivity contribution in [2.75, 3.05) is 7.11 Å². The van der Waals surface area contributed by atoms with E-state index in [1.165, 1.54) is 7.11 Å². The summed E-state index contributed by atoms with van der Waals surface area (Å²) in [4.78, 5) is 27.3. The first-order chi connectivity index (χ1) is 11.0. The van der Waals surface area contributed by atoms with Gasteiger partial charge in [-0.15, -0.1) is 0 Å². The van der Waals surface area contributed by atoms with E-state index in [0.717, 1.165) is 0 Å². The van der Waals surface area contributed by atoms with Crippen molar-refractivity contribution >= 4 is 11.9 Å². The summed E-state index contributed by atoms with van der Waals surface area (Å²) in [7, 11) is 1.53. The normalized spacial score (nSPS) is 16.7. The average Bonchev–Trinajstić information content (AvgIpc) is 2.94. The number of imidazole rings is 1. The van der Waals surface area contributed by atoms with Crippen molar-refractivity contribution in [3.8, 4) is 17.1 Å². The topological polar surface area (TPSA) is 102 Å². The number of methoxy groups -OCH3 is 1. The van der Waals surface area contributed by atoms with Crippen LogP contribution in [0.2, 0.25) is 0 Å². The molecule has 0 saturated carbocycles. The first kappa shape index (κ1) is 15.1. The molecule has 2 heterocycles. The molecule has 0 amide bonds. The molecule has 1 aliphatic heterocycles. The van der Waals surface area contributed by atoms with E-state index in [4.69, 9.17) is 4.74 Å². The number of carboxylic acid groups (broad SMARTS) is 2. The second-order valence-corrected chi connectivity index (χ2v) is 5.38. The van der Waals surface area contributed by atoms with Gasteiger partial charge in [0, 0.05) is 5.56 Å². The molecule has 2 aromatic rings. The molecule has 7 nitrogen and oxygen atoms in total. The zero-order valence-corrected chi connectivity index (χ0v) is 12.5. The zero-order chi connectivity index (χ0) is 16.6. The Balaban J connectivity index is 2.24. The van der Waals surface area contributed by atoms with Crippen LogP contribution in [0.3, 0.4) is 0 Å². The monoisotopic (exact) mass is 316 g/mol. The Labute approximate surface area is 132 Å². The van der Waals surface area contributed by atoms with Crippen LogP contribution in [-0.2, 0) is 11.2 Å². The molecule has 1 aliphatic rings. The van der Waals surface area contributed by atoms with Gasteiger partial charge in [-0.05, 0) is 31.4 Å². The summed E-state index contributed by atoms with van der Waals surface area (Å²) in [5.41, 5.74) is 1.02. The van der Waals surface area contributed by atoms with Crippen molar-refractivity contribution in [2.24, 2.45) is 0 Å². The predicted octanol–water partition coefficient (Wildman–Crippen LogP) is 2.22. The van der Waals surface area contributed by atoms with Crippen molar-refractivity contribution < 1.29 is 24.5 Å². The Hall–Kier alpha value is -2.83. The summed E-state index contributed by atoms with van der Waals surface area (Å²) in [5.74, 6) is -1.18. The number of benzene rings is 1. The van der Waals surface area contributed by atoms with Gasteiger partial charge in [-0.3, -0.25) is 0 Å². The highest BCUT2D eigenvalue weighted by atomic mass is 16.5. The third-order valence-electron chi connectivity index (χ3n) is 4.03. The number of aromatic nitrogens is 2. The molecule has 0 fully saturated rings. The fraction of sp³-hybridized carbons (Fsp3) is 0.312. The maximum atomic E-state index is 11.6. The molecule has 1 unspecified atom stereocenters. The molecule has 1 atom stereocenters. The van der Waals surface area contributed by atoms with Gasteiger partial charge in [0.05, 0.1) is 12.8 Å². The molecule has 2 N–H and O–H groups in total. The molecule has 120 valence electrons. The van der Waals surface area contributed by atoms with Crippen molar-refractivity contribution in [3.63, 3.8) is 0 Å². The Kier molecular flexibility index (Phi) is 3.77. The smallest absolute Gasteiger partial charge is 0.356 e. The standard InChI is InChI=1S/C16H16N2O5/c1-23-10-5-2-4-9(8-10)14-17-13(16(21)22)11-6-3-7-12(15(19)20)18(11)14/h2,4-5,8,12H,3,6-7H2,1H3,(H,19,20)(H,21,22). The van der Waals surface area contributed by atoms with Crippen LogP contribution in [0.25, 0.3) is 11.4 Å². The minimum Gasteiger partial charge on any atom is -0.497 e. The molecular weight excluding hydrogens is 300 g/mol. The molecule has 7 heteroatoms. The Morgan fingerprint density at radius 2 is 2.13 bits per heavy atom. The summed E-state index contributed by atoms with van der Waals surface area (Å²) in [6.07, 6.45) is 1.58. The second-order valence-electron chi connectivity index (χ2n) is 5.38. The van der Waals surface area contributed by atoms with Gasteiger partial charge in [0.25, 0.3) is 0 Å². The van der Waals surface area contributed by atoms with Gasteiger partial charge in [0.15, 0.2) is 5.69 Å². The first-order valence-electron chi connectivity index (χ1n) is 7.24. The van der Waals surface area contributed by atoms with Crippen LogP contribution >= 0.6 is 0 Å². The molecule has 23 heavy (non-hydrogen) atoms. The molecule has 0 spiro atoms. The van der Waals surface area contributed by atoms with Crippen LogP contribution in [0.15, 0.2) is 24.3 Å². The van der Waals surface area contributed by atoms with Crippen LogP contribution < -0.4 is 4.74 Å². The SMILES string of the molecule is COc1cccc(-c2nc(C(=O)O)c3n2C(C(=O)O)CCC3)c1. The number of aliphatic carboxylic acids is 1. The summed E-state index contributed by atoms with van der Waals surface area (Å²) in [5, 5.41) is 18.9. The van der Waals surface area contributed by atoms with Gasteiger partial charge >= 0.3 is 11.9 Å². The number of aromatic carboxylic acids is 1. The molecular formula is C16H16N2O5. The lowest BCUT2D eigenvalue weighted by Crippen LogP contribution is -2.26. The maximum Gasteiger partial charge on any atom is 0.356 e. The lowest BCUT2D eigenvalue weighted by molar-refractivity contribution is -0.141. The van der Waals surface area contributed by atoms with E-state index >= 15 is 0 Å². The van der Waals surface area contributed by atoms with Crippen molar-refractivity contribution in [1.29, 1.82) is 0 Å². The van der Waals surface area contributed by atoms with Crippen LogP contribution in [0, 0.1) is 0 Å². The highest BCUT2D eigenvalue weighted by Gasteiger charge is 2.33. The number of carboxylic acids is 2. The number of nitrogens with zero attached hydrogens (tertiary/aromatic N) is 2. The van der Waals surface area contributed by atoms with Gasteiger partial charge in [0.1, 0.15) is 17.6 Å². The third kappa shape index (κ3) is 2.54. The van der Waals surface area contributed by atoms with E-state index in [9.17, 15) is 19.8 Å². The molecule has 3 rings (SSSR count). The zero-order valence-electron chi connectivity index (χ0n) is 12.5. The van der Waals surface area contributed by atoms with Crippen molar-refractivity contribution in [3.05, 3.63) is 35.7 Å². The number of fused-ring (bicyclic) bond motifs is 1. The first-order valence-corrected chi connectivity index (χ1v) is 7.24. The molecule has 0 radical (unpaired) electrons. The second kappa shape index (κ2) is 5.75. The molecule has 1 aromatic heterocycles. The van der Waals surface area contributed by atoms with Crippen LogP contribution in [0.4, 0.5) is 0 Å². The minimum atomic E-state index is -1.14. The Morgan fingerprint density at radius 1 is 1.35 bits per heavy atom. The van der Waals surface area contributed by atoms with E-state index < -0.39 is 18.0 Å².